The van der Waals surface area contributed by atoms with Gasteiger partial charge in [0.05, 0.1) is 0 Å². The quantitative estimate of drug-likeness (QED) is 0.848. The Morgan fingerprint density at radius 2 is 2.08 bits per heavy atom. The zero-order chi connectivity index (χ0) is 17.3. The number of carbonyl (C=O) groups is 1. The molecule has 2 N–H and O–H groups in total. The highest BCUT2D eigenvalue weighted by atomic mass is 16.2. The van der Waals surface area contributed by atoms with E-state index in [1.807, 2.05) is 12.3 Å². The summed E-state index contributed by atoms with van der Waals surface area (Å²) in [6.45, 7) is 6.89. The molecule has 1 aliphatic carbocycles. The van der Waals surface area contributed by atoms with E-state index in [2.05, 4.69) is 38.5 Å². The van der Waals surface area contributed by atoms with Crippen LogP contribution in [0.3, 0.4) is 0 Å². The van der Waals surface area contributed by atoms with Gasteiger partial charge in [0.25, 0.3) is 0 Å². The number of hydrogen-bond acceptors (Lipinski definition) is 5. The van der Waals surface area contributed by atoms with Crippen LogP contribution in [0.5, 0.6) is 0 Å². The van der Waals surface area contributed by atoms with Crippen LogP contribution in [0.1, 0.15) is 24.8 Å². The molecule has 3 fully saturated rings. The van der Waals surface area contributed by atoms with Crippen LogP contribution in [-0.2, 0) is 11.3 Å². The maximum Gasteiger partial charge on any atom is 0.223 e. The third kappa shape index (κ3) is 3.65. The van der Waals surface area contributed by atoms with Crippen LogP contribution in [-0.4, -0.2) is 62.1 Å². The normalized spacial score (nSPS) is 25.8. The molecule has 6 nitrogen and oxygen atoms in total. The summed E-state index contributed by atoms with van der Waals surface area (Å²) >= 11 is 0. The molecule has 1 amide bonds. The van der Waals surface area contributed by atoms with Crippen molar-refractivity contribution in [2.24, 2.45) is 11.3 Å². The molecule has 136 valence electrons. The van der Waals surface area contributed by atoms with Crippen LogP contribution < -0.4 is 15.5 Å². The van der Waals surface area contributed by atoms with Crippen LogP contribution in [0.15, 0.2) is 18.3 Å². The Bertz CT molecular complexity index is 620. The summed E-state index contributed by atoms with van der Waals surface area (Å²) in [6, 6.07) is 4.13. The number of nitrogens with one attached hydrogen (secondary N) is 2. The molecule has 3 heterocycles. The van der Waals surface area contributed by atoms with Crippen molar-refractivity contribution in [2.45, 2.75) is 25.8 Å². The van der Waals surface area contributed by atoms with Gasteiger partial charge >= 0.3 is 0 Å². The third-order valence-electron chi connectivity index (χ3n) is 6.21. The van der Waals surface area contributed by atoms with E-state index in [1.165, 1.54) is 0 Å². The molecule has 0 aromatic carbocycles. The predicted molar refractivity (Wildman–Crippen MR) is 98.4 cm³/mol. The molecule has 6 heteroatoms. The molecule has 3 aliphatic rings. The van der Waals surface area contributed by atoms with Crippen LogP contribution in [0.25, 0.3) is 0 Å². The van der Waals surface area contributed by atoms with Gasteiger partial charge in [-0.15, -0.1) is 0 Å². The van der Waals surface area contributed by atoms with Gasteiger partial charge in [-0.25, -0.2) is 4.98 Å². The predicted octanol–water partition coefficient (Wildman–Crippen LogP) is 0.839. The summed E-state index contributed by atoms with van der Waals surface area (Å²) in [5.74, 6) is 1.49. The summed E-state index contributed by atoms with van der Waals surface area (Å²) in [7, 11) is 2.16. The molecule has 1 aromatic rings. The van der Waals surface area contributed by atoms with E-state index in [1.54, 1.807) is 0 Å². The van der Waals surface area contributed by atoms with Gasteiger partial charge in [-0.3, -0.25) is 4.79 Å². The second-order valence-corrected chi connectivity index (χ2v) is 7.90. The monoisotopic (exact) mass is 343 g/mol. The van der Waals surface area contributed by atoms with E-state index in [4.69, 9.17) is 0 Å². The summed E-state index contributed by atoms with van der Waals surface area (Å²) in [5.41, 5.74) is 1.44. The highest BCUT2D eigenvalue weighted by molar-refractivity contribution is 5.82. The zero-order valence-corrected chi connectivity index (χ0v) is 15.1. The minimum atomic E-state index is 0.230. The lowest BCUT2D eigenvalue weighted by Crippen LogP contribution is -2.44. The number of anilines is 1. The van der Waals surface area contributed by atoms with Crippen LogP contribution in [0.4, 0.5) is 5.82 Å². The first kappa shape index (κ1) is 16.8. The Balaban J connectivity index is 1.31. The van der Waals surface area contributed by atoms with Crippen molar-refractivity contribution >= 4 is 11.7 Å². The first-order valence-corrected chi connectivity index (χ1v) is 9.53. The Hall–Kier alpha value is -1.66. The van der Waals surface area contributed by atoms with Gasteiger partial charge in [-0.1, -0.05) is 0 Å². The van der Waals surface area contributed by atoms with E-state index in [0.717, 1.165) is 69.9 Å². The van der Waals surface area contributed by atoms with Gasteiger partial charge in [0.15, 0.2) is 0 Å². The number of carbonyl (C=O) groups excluding carboxylic acids is 1. The van der Waals surface area contributed by atoms with E-state index in [0.29, 0.717) is 12.0 Å². The molecule has 2 saturated heterocycles. The fourth-order valence-electron chi connectivity index (χ4n) is 4.29. The summed E-state index contributed by atoms with van der Waals surface area (Å²) < 4.78 is 0. The van der Waals surface area contributed by atoms with E-state index < -0.39 is 0 Å². The minimum Gasteiger partial charge on any atom is -0.354 e. The Morgan fingerprint density at radius 3 is 2.84 bits per heavy atom. The molecule has 4 rings (SSSR count). The first-order chi connectivity index (χ1) is 12.2. The highest BCUT2D eigenvalue weighted by Crippen LogP contribution is 2.58. The van der Waals surface area contributed by atoms with Crippen molar-refractivity contribution in [3.63, 3.8) is 0 Å². The van der Waals surface area contributed by atoms with Gasteiger partial charge in [-0.2, -0.15) is 0 Å². The number of nitrogens with zero attached hydrogens (tertiary/aromatic N) is 3. The largest absolute Gasteiger partial charge is 0.354 e. The van der Waals surface area contributed by atoms with E-state index >= 15 is 0 Å². The fraction of sp³-hybridized carbons (Fsp3) is 0.684. The number of hydrogen-bond donors (Lipinski definition) is 2. The Labute approximate surface area is 150 Å². The molecule has 2 aliphatic heterocycles. The molecule has 1 saturated carbocycles. The fourth-order valence-corrected chi connectivity index (χ4v) is 4.29. The van der Waals surface area contributed by atoms with Crippen molar-refractivity contribution in [3.8, 4) is 0 Å². The SMILES string of the molecule is CN1CCN(c2cc(CNC(=O)C3CC34CCNCC4)ccn2)CC1. The van der Waals surface area contributed by atoms with Crippen LogP contribution in [0, 0.1) is 11.3 Å². The molecule has 1 atom stereocenters. The molecule has 1 aromatic heterocycles. The lowest BCUT2D eigenvalue weighted by atomic mass is 9.92. The van der Waals surface area contributed by atoms with Crippen molar-refractivity contribution in [3.05, 3.63) is 23.9 Å². The number of piperazine rings is 1. The molecule has 25 heavy (non-hydrogen) atoms. The van der Waals surface area contributed by atoms with Crippen molar-refractivity contribution in [1.82, 2.24) is 20.5 Å². The second-order valence-electron chi connectivity index (χ2n) is 7.90. The van der Waals surface area contributed by atoms with Gasteiger partial charge < -0.3 is 20.4 Å². The molecule has 0 radical (unpaired) electrons. The summed E-state index contributed by atoms with van der Waals surface area (Å²) in [4.78, 5) is 21.7. The average molecular weight is 343 g/mol. The van der Waals surface area contributed by atoms with Gasteiger partial charge in [0.2, 0.25) is 5.91 Å². The van der Waals surface area contributed by atoms with Gasteiger partial charge in [0.1, 0.15) is 5.82 Å². The third-order valence-corrected chi connectivity index (χ3v) is 6.21. The summed E-state index contributed by atoms with van der Waals surface area (Å²) in [5, 5.41) is 6.55. The lowest BCUT2D eigenvalue weighted by Gasteiger charge is -2.33. The van der Waals surface area contributed by atoms with Gasteiger partial charge in [-0.05, 0) is 62.5 Å². The number of piperidine rings is 1. The van der Waals surface area contributed by atoms with Crippen LogP contribution in [0.2, 0.25) is 0 Å². The first-order valence-electron chi connectivity index (χ1n) is 9.53. The Kier molecular flexibility index (Phi) is 4.65. The number of amides is 1. The highest BCUT2D eigenvalue weighted by Gasteiger charge is 2.57. The number of rotatable bonds is 4. The standard InChI is InChI=1S/C19H29N5O/c1-23-8-10-24(11-9-23)17-12-15(2-5-21-17)14-22-18(25)16-13-19(16)3-6-20-7-4-19/h2,5,12,16,20H,3-4,6-11,13-14H2,1H3,(H,22,25). The zero-order valence-electron chi connectivity index (χ0n) is 15.1. The minimum absolute atomic E-state index is 0.230. The molecular weight excluding hydrogens is 314 g/mol. The maximum atomic E-state index is 12.5. The molecule has 1 unspecified atom stereocenters. The van der Waals surface area contributed by atoms with E-state index in [-0.39, 0.29) is 11.8 Å². The number of aromatic nitrogens is 1. The molecular formula is C19H29N5O. The smallest absolute Gasteiger partial charge is 0.223 e. The molecule has 1 spiro atoms. The lowest BCUT2D eigenvalue weighted by molar-refractivity contribution is -0.123. The van der Waals surface area contributed by atoms with Gasteiger partial charge in [0, 0.05) is 44.8 Å². The molecule has 0 bridgehead atoms. The summed E-state index contributed by atoms with van der Waals surface area (Å²) in [6.07, 6.45) is 5.23. The van der Waals surface area contributed by atoms with E-state index in [9.17, 15) is 4.79 Å². The van der Waals surface area contributed by atoms with Crippen molar-refractivity contribution < 1.29 is 4.79 Å². The Morgan fingerprint density at radius 1 is 1.32 bits per heavy atom. The van der Waals surface area contributed by atoms with Crippen molar-refractivity contribution in [1.29, 1.82) is 0 Å². The maximum absolute atomic E-state index is 12.5. The number of pyridine rings is 1. The second kappa shape index (κ2) is 6.92. The topological polar surface area (TPSA) is 60.5 Å². The van der Waals surface area contributed by atoms with Crippen molar-refractivity contribution in [2.75, 3.05) is 51.2 Å². The number of likely N-dealkylation sites (N-methyl/N-ethyl adjacent to an activating group) is 1. The van der Waals surface area contributed by atoms with Crippen LogP contribution >= 0.6 is 0 Å². The average Bonchev–Trinajstić information content (AvgIpc) is 3.34.